The van der Waals surface area contributed by atoms with Crippen LogP contribution in [0.4, 0.5) is 4.39 Å². The molecule has 6 nitrogen and oxygen atoms in total. The van der Waals surface area contributed by atoms with Gasteiger partial charge in [-0.2, -0.15) is 0 Å². The van der Waals surface area contributed by atoms with Crippen LogP contribution in [0.15, 0.2) is 53.5 Å². The van der Waals surface area contributed by atoms with Crippen molar-refractivity contribution in [3.8, 4) is 11.1 Å². The van der Waals surface area contributed by atoms with Crippen molar-refractivity contribution in [2.75, 3.05) is 0 Å². The number of pyridine rings is 1. The van der Waals surface area contributed by atoms with Gasteiger partial charge in [-0.25, -0.2) is 9.87 Å². The number of hydroxylamine groups is 1. The van der Waals surface area contributed by atoms with Gasteiger partial charge in [0.1, 0.15) is 5.82 Å². The number of benzene rings is 2. The van der Waals surface area contributed by atoms with Crippen LogP contribution in [0.3, 0.4) is 0 Å². The second kappa shape index (κ2) is 9.45. The number of nitrogens with zero attached hydrogens (tertiary/aromatic N) is 1. The third kappa shape index (κ3) is 4.99. The van der Waals surface area contributed by atoms with Crippen LogP contribution in [0.25, 0.3) is 21.9 Å². The zero-order chi connectivity index (χ0) is 23.6. The molecule has 0 spiro atoms. The average molecular weight is 452 g/mol. The van der Waals surface area contributed by atoms with Gasteiger partial charge in [-0.1, -0.05) is 32.0 Å². The predicted molar refractivity (Wildman–Crippen MR) is 126 cm³/mol. The molecule has 1 amide bonds. The van der Waals surface area contributed by atoms with Crippen molar-refractivity contribution in [1.82, 2.24) is 15.4 Å². The number of nitrogens with one attached hydrogen (secondary N) is 2. The summed E-state index contributed by atoms with van der Waals surface area (Å²) in [6, 6.07) is 13.0. The molecule has 3 N–H and O–H groups in total. The molecule has 174 valence electrons. The van der Waals surface area contributed by atoms with Crippen molar-refractivity contribution >= 4 is 16.7 Å². The first-order valence-electron chi connectivity index (χ1n) is 11.4. The number of amides is 1. The number of aromatic nitrogens is 1. The zero-order valence-electron chi connectivity index (χ0n) is 19.0. The molecule has 1 aliphatic carbocycles. The first kappa shape index (κ1) is 23.1. The monoisotopic (exact) mass is 451 g/mol. The van der Waals surface area contributed by atoms with E-state index in [2.05, 4.69) is 5.32 Å². The van der Waals surface area contributed by atoms with Gasteiger partial charge in [0.2, 0.25) is 5.91 Å². The summed E-state index contributed by atoms with van der Waals surface area (Å²) >= 11 is 0. The van der Waals surface area contributed by atoms with Crippen LogP contribution in [0.2, 0.25) is 0 Å². The lowest BCUT2D eigenvalue weighted by Crippen LogP contribution is -2.38. The minimum Gasteiger partial charge on any atom is -0.315 e. The molecule has 0 radical (unpaired) electrons. The SMILES string of the molecule is CCC(C)(CCn1ccc2cc(-c3ccc(CNC4CC4)cc3F)ccc2c1=O)C(=O)NO. The first-order valence-corrected chi connectivity index (χ1v) is 11.4. The Labute approximate surface area is 192 Å². The second-order valence-corrected chi connectivity index (χ2v) is 9.19. The molecular weight excluding hydrogens is 421 g/mol. The Morgan fingerprint density at radius 3 is 2.67 bits per heavy atom. The van der Waals surface area contributed by atoms with Crippen molar-refractivity contribution in [1.29, 1.82) is 0 Å². The van der Waals surface area contributed by atoms with Gasteiger partial charge in [0.05, 0.1) is 0 Å². The van der Waals surface area contributed by atoms with Crippen molar-refractivity contribution in [2.45, 2.75) is 58.7 Å². The molecule has 0 bridgehead atoms. The van der Waals surface area contributed by atoms with E-state index in [9.17, 15) is 14.0 Å². The van der Waals surface area contributed by atoms with Crippen LogP contribution < -0.4 is 16.4 Å². The molecule has 1 unspecified atom stereocenters. The average Bonchev–Trinajstić information content (AvgIpc) is 3.66. The van der Waals surface area contributed by atoms with E-state index in [1.54, 1.807) is 47.4 Å². The maximum atomic E-state index is 14.8. The van der Waals surface area contributed by atoms with Gasteiger partial charge in [0, 0.05) is 41.7 Å². The Bertz CT molecular complexity index is 1240. The molecular formula is C26H30FN3O3. The van der Waals surface area contributed by atoms with E-state index >= 15 is 0 Å². The van der Waals surface area contributed by atoms with E-state index in [4.69, 9.17) is 5.21 Å². The molecule has 1 saturated carbocycles. The van der Waals surface area contributed by atoms with Gasteiger partial charge in [-0.05, 0) is 66.5 Å². The number of carbonyl (C=O) groups is 1. The molecule has 1 atom stereocenters. The number of halogens is 1. The lowest BCUT2D eigenvalue weighted by molar-refractivity contribution is -0.139. The molecule has 0 aliphatic heterocycles. The minimum atomic E-state index is -0.773. The molecule has 1 heterocycles. The Morgan fingerprint density at radius 1 is 1.21 bits per heavy atom. The fourth-order valence-electron chi connectivity index (χ4n) is 4.04. The lowest BCUT2D eigenvalue weighted by atomic mass is 9.83. The highest BCUT2D eigenvalue weighted by atomic mass is 19.1. The zero-order valence-corrected chi connectivity index (χ0v) is 19.0. The molecule has 1 fully saturated rings. The van der Waals surface area contributed by atoms with Gasteiger partial charge in [0.15, 0.2) is 0 Å². The normalized spacial score (nSPS) is 15.4. The maximum absolute atomic E-state index is 14.8. The van der Waals surface area contributed by atoms with Gasteiger partial charge < -0.3 is 9.88 Å². The Hall–Kier alpha value is -3.03. The molecule has 2 aromatic carbocycles. The lowest BCUT2D eigenvalue weighted by Gasteiger charge is -2.25. The Morgan fingerprint density at radius 2 is 2.00 bits per heavy atom. The summed E-state index contributed by atoms with van der Waals surface area (Å²) in [5, 5.41) is 13.7. The highest BCUT2D eigenvalue weighted by Gasteiger charge is 2.31. The van der Waals surface area contributed by atoms with Gasteiger partial charge in [-0.3, -0.25) is 14.8 Å². The van der Waals surface area contributed by atoms with Crippen LogP contribution in [0.5, 0.6) is 0 Å². The number of carbonyl (C=O) groups excluding carboxylic acids is 1. The number of rotatable bonds is 9. The number of hydrogen-bond donors (Lipinski definition) is 3. The molecule has 33 heavy (non-hydrogen) atoms. The molecule has 0 saturated heterocycles. The number of aryl methyl sites for hydroxylation is 1. The fraction of sp³-hybridized carbons (Fsp3) is 0.385. The van der Waals surface area contributed by atoms with Crippen LogP contribution in [-0.4, -0.2) is 21.7 Å². The van der Waals surface area contributed by atoms with E-state index in [-0.39, 0.29) is 11.4 Å². The molecule has 4 rings (SSSR count). The van der Waals surface area contributed by atoms with Crippen LogP contribution in [-0.2, 0) is 17.9 Å². The van der Waals surface area contributed by atoms with Crippen molar-refractivity contribution < 1.29 is 14.4 Å². The second-order valence-electron chi connectivity index (χ2n) is 9.19. The van der Waals surface area contributed by atoms with Gasteiger partial charge in [0.25, 0.3) is 5.56 Å². The van der Waals surface area contributed by atoms with Crippen LogP contribution in [0.1, 0.15) is 45.1 Å². The highest BCUT2D eigenvalue weighted by Crippen LogP contribution is 2.28. The summed E-state index contributed by atoms with van der Waals surface area (Å²) in [5.74, 6) is -0.737. The largest absolute Gasteiger partial charge is 0.315 e. The molecule has 1 aromatic heterocycles. The molecule has 3 aromatic rings. The minimum absolute atomic E-state index is 0.163. The molecule has 7 heteroatoms. The topological polar surface area (TPSA) is 83.4 Å². The summed E-state index contributed by atoms with van der Waals surface area (Å²) in [4.78, 5) is 25.0. The smallest absolute Gasteiger partial charge is 0.258 e. The number of fused-ring (bicyclic) bond motifs is 1. The van der Waals surface area contributed by atoms with E-state index in [0.29, 0.717) is 42.9 Å². The van der Waals surface area contributed by atoms with Gasteiger partial charge in [-0.15, -0.1) is 0 Å². The quantitative estimate of drug-likeness (QED) is 0.333. The van der Waals surface area contributed by atoms with Crippen LogP contribution in [0, 0.1) is 11.2 Å². The summed E-state index contributed by atoms with van der Waals surface area (Å²) in [7, 11) is 0. The van der Waals surface area contributed by atoms with Crippen molar-refractivity contribution in [2.24, 2.45) is 5.41 Å². The standard InChI is InChI=1S/C26H30FN3O3/c1-3-26(2,25(32)29-33)11-13-30-12-10-19-15-18(5-9-22(19)24(30)31)21-8-4-17(14-23(21)27)16-28-20-6-7-20/h4-5,8-10,12,14-15,20,28,33H,3,6-7,11,13,16H2,1-2H3,(H,29,32). The van der Waals surface area contributed by atoms with Crippen LogP contribution >= 0.6 is 0 Å². The third-order valence-corrected chi connectivity index (χ3v) is 6.83. The Kier molecular flexibility index (Phi) is 6.63. The summed E-state index contributed by atoms with van der Waals surface area (Å²) in [5.41, 5.74) is 2.93. The summed E-state index contributed by atoms with van der Waals surface area (Å²) in [6.45, 7) is 4.64. The van der Waals surface area contributed by atoms with E-state index < -0.39 is 11.3 Å². The summed E-state index contributed by atoms with van der Waals surface area (Å²) < 4.78 is 16.4. The van der Waals surface area contributed by atoms with E-state index in [0.717, 1.165) is 16.5 Å². The predicted octanol–water partition coefficient (Wildman–Crippen LogP) is 4.37. The molecule has 1 aliphatic rings. The fourth-order valence-corrected chi connectivity index (χ4v) is 4.04. The summed E-state index contributed by atoms with van der Waals surface area (Å²) in [6.07, 6.45) is 5.02. The van der Waals surface area contributed by atoms with Crippen molar-refractivity contribution in [3.05, 3.63) is 70.4 Å². The van der Waals surface area contributed by atoms with E-state index in [1.165, 1.54) is 12.8 Å². The highest BCUT2D eigenvalue weighted by molar-refractivity contribution is 5.86. The Balaban J connectivity index is 1.55. The number of hydrogen-bond acceptors (Lipinski definition) is 4. The van der Waals surface area contributed by atoms with Crippen molar-refractivity contribution in [3.63, 3.8) is 0 Å². The maximum Gasteiger partial charge on any atom is 0.258 e. The first-order chi connectivity index (χ1) is 15.8. The van der Waals surface area contributed by atoms with E-state index in [1.807, 2.05) is 25.1 Å². The third-order valence-electron chi connectivity index (χ3n) is 6.83. The van der Waals surface area contributed by atoms with Gasteiger partial charge >= 0.3 is 0 Å².